The molecule has 4 heteroatoms. The molecule has 0 aromatic heterocycles. The maximum absolute atomic E-state index is 4.50. The molecule has 1 heterocycles. The van der Waals surface area contributed by atoms with Crippen molar-refractivity contribution in [1.29, 1.82) is 0 Å². The molecule has 1 aliphatic rings. The summed E-state index contributed by atoms with van der Waals surface area (Å²) in [5.41, 5.74) is 8.04. The number of nitrogens with one attached hydrogen (secondary N) is 1. The molecule has 0 saturated heterocycles. The van der Waals surface area contributed by atoms with Gasteiger partial charge in [0, 0.05) is 23.1 Å². The monoisotopic (exact) mass is 535 g/mol. The molecule has 37 heavy (non-hydrogen) atoms. The SMILES string of the molecule is C=CC(CNCCCCSC/C(C)=C/C(/C=C\C)=C/C=BC)C1CSc2cc(C)c(C)cc2C1=C.CC. The molecule has 202 valence electrons. The Balaban J connectivity index is 0.00000334. The molecular formula is C33H50BNS2. The van der Waals surface area contributed by atoms with Gasteiger partial charge in [0.05, 0.1) is 0 Å². The van der Waals surface area contributed by atoms with E-state index in [0.717, 1.165) is 24.6 Å². The van der Waals surface area contributed by atoms with E-state index in [1.807, 2.05) is 37.4 Å². The molecular weight excluding hydrogens is 485 g/mol. The average Bonchev–Trinajstić information content (AvgIpc) is 2.89. The maximum Gasteiger partial charge on any atom is 0.0150 e. The Morgan fingerprint density at radius 3 is 2.65 bits per heavy atom. The van der Waals surface area contributed by atoms with Crippen molar-refractivity contribution in [3.8, 4) is 0 Å². The van der Waals surface area contributed by atoms with Crippen LogP contribution in [-0.2, 0) is 0 Å². The summed E-state index contributed by atoms with van der Waals surface area (Å²) in [6.07, 6.45) is 13.3. The second-order valence-electron chi connectivity index (χ2n) is 9.42. The minimum Gasteiger partial charge on any atom is -0.125 e. The van der Waals surface area contributed by atoms with Crippen molar-refractivity contribution in [3.05, 3.63) is 83.5 Å². The number of rotatable bonds is 14. The first-order chi connectivity index (χ1) is 17.9. The fourth-order valence-corrected chi connectivity index (χ4v) is 6.62. The van der Waals surface area contributed by atoms with Crippen LogP contribution in [0.3, 0.4) is 0 Å². The number of hydrogen-bond acceptors (Lipinski definition) is 3. The quantitative estimate of drug-likeness (QED) is 0.110. The molecule has 0 spiro atoms. The van der Waals surface area contributed by atoms with Crippen LogP contribution in [0.1, 0.15) is 57.2 Å². The van der Waals surface area contributed by atoms with Crippen LogP contribution in [0.2, 0.25) is 6.82 Å². The Morgan fingerprint density at radius 1 is 1.24 bits per heavy atom. The second kappa shape index (κ2) is 19.6. The third-order valence-electron chi connectivity index (χ3n) is 6.48. The van der Waals surface area contributed by atoms with E-state index in [2.05, 4.69) is 108 Å². The Kier molecular flexibility index (Phi) is 17.7. The summed E-state index contributed by atoms with van der Waals surface area (Å²) >= 11 is 4.01. The van der Waals surface area contributed by atoms with Crippen LogP contribution in [0.4, 0.5) is 0 Å². The molecule has 0 radical (unpaired) electrons. The van der Waals surface area contributed by atoms with E-state index in [0.29, 0.717) is 11.8 Å². The zero-order valence-electron chi connectivity index (χ0n) is 24.5. The Hall–Kier alpha value is -1.49. The summed E-state index contributed by atoms with van der Waals surface area (Å²) in [6.45, 7) is 27.5. The normalized spacial score (nSPS) is 16.8. The number of hydrogen-bond donors (Lipinski definition) is 1. The topological polar surface area (TPSA) is 12.0 Å². The van der Waals surface area contributed by atoms with Crippen molar-refractivity contribution in [1.82, 2.24) is 5.32 Å². The first kappa shape index (κ1) is 33.5. The zero-order valence-corrected chi connectivity index (χ0v) is 26.2. The van der Waals surface area contributed by atoms with Crippen LogP contribution in [0.5, 0.6) is 0 Å². The van der Waals surface area contributed by atoms with Gasteiger partial charge in [-0.2, -0.15) is 0 Å². The molecule has 2 atom stereocenters. The van der Waals surface area contributed by atoms with Gasteiger partial charge >= 0.3 is 117 Å². The molecule has 1 aliphatic heterocycles. The fraction of sp³-hybridized carbons (Fsp3) is 0.485. The molecule has 0 bridgehead atoms. The largest absolute Gasteiger partial charge is 0.125 e. The van der Waals surface area contributed by atoms with E-state index in [1.165, 1.54) is 56.9 Å². The molecule has 1 nitrogen and oxygen atoms in total. The van der Waals surface area contributed by atoms with Crippen LogP contribution in [-0.4, -0.2) is 43.2 Å². The van der Waals surface area contributed by atoms with Gasteiger partial charge < -0.3 is 0 Å². The van der Waals surface area contributed by atoms with Crippen LogP contribution < -0.4 is 5.32 Å². The summed E-state index contributed by atoms with van der Waals surface area (Å²) in [5.74, 6) is 6.38. The van der Waals surface area contributed by atoms with Gasteiger partial charge in [-0.3, -0.25) is 0 Å². The van der Waals surface area contributed by atoms with Crippen LogP contribution >= 0.6 is 23.5 Å². The van der Waals surface area contributed by atoms with E-state index in [9.17, 15) is 0 Å². The first-order valence-electron chi connectivity index (χ1n) is 13.9. The minimum atomic E-state index is 0.425. The van der Waals surface area contributed by atoms with E-state index >= 15 is 0 Å². The van der Waals surface area contributed by atoms with E-state index < -0.39 is 0 Å². The predicted molar refractivity (Wildman–Crippen MR) is 178 cm³/mol. The fourth-order valence-electron chi connectivity index (χ4n) is 4.25. The van der Waals surface area contributed by atoms with E-state index in [4.69, 9.17) is 0 Å². The summed E-state index contributed by atoms with van der Waals surface area (Å²) in [6, 6.07) is 4.66. The van der Waals surface area contributed by atoms with Crippen molar-refractivity contribution < 1.29 is 0 Å². The standard InChI is InChI=1S/C31H44BNS2.C2H6/c1-8-12-27(13-14-32-7)17-23(3)21-34-16-11-10-15-33-20-28(9-2)30-22-35-31-19-25(5)24(4)18-29(31)26(30)6;1-2/h8-9,12-14,17-19,28,30,33H,2,6,10-11,15-16,20-22H2,1,3-5,7H3;1-2H3/b12-8-,23-17+,27-13+;. The summed E-state index contributed by atoms with van der Waals surface area (Å²) in [7, 11) is 0. The van der Waals surface area contributed by atoms with Crippen molar-refractivity contribution in [2.24, 2.45) is 11.8 Å². The van der Waals surface area contributed by atoms with Gasteiger partial charge in [0.25, 0.3) is 0 Å². The first-order valence-corrected chi connectivity index (χ1v) is 16.0. The number of benzene rings is 1. The van der Waals surface area contributed by atoms with Gasteiger partial charge in [0.1, 0.15) is 0 Å². The third-order valence-corrected chi connectivity index (χ3v) is 8.89. The van der Waals surface area contributed by atoms with Crippen LogP contribution in [0, 0.1) is 25.7 Å². The molecule has 0 fully saturated rings. The molecule has 1 aromatic carbocycles. The molecule has 2 rings (SSSR count). The van der Waals surface area contributed by atoms with Gasteiger partial charge in [-0.05, 0) is 48.1 Å². The summed E-state index contributed by atoms with van der Waals surface area (Å²) in [4.78, 5) is 1.39. The maximum atomic E-state index is 4.50. The van der Waals surface area contributed by atoms with E-state index in [-0.39, 0.29) is 0 Å². The zero-order chi connectivity index (χ0) is 27.6. The second-order valence-corrected chi connectivity index (χ2v) is 11.6. The van der Waals surface area contributed by atoms with Gasteiger partial charge in [-0.25, -0.2) is 0 Å². The Labute approximate surface area is 238 Å². The van der Waals surface area contributed by atoms with Crippen LogP contribution in [0.25, 0.3) is 5.57 Å². The molecule has 1 N–H and O–H groups in total. The van der Waals surface area contributed by atoms with Crippen molar-refractivity contribution in [2.45, 2.75) is 66.1 Å². The number of fused-ring (bicyclic) bond motifs is 1. The third kappa shape index (κ3) is 11.8. The summed E-state index contributed by atoms with van der Waals surface area (Å²) in [5, 5.41) is 3.69. The Morgan fingerprint density at radius 2 is 1.97 bits per heavy atom. The number of unbranched alkanes of at least 4 members (excludes halogenated alkanes) is 1. The van der Waals surface area contributed by atoms with Gasteiger partial charge in [-0.1, -0.05) is 32.6 Å². The van der Waals surface area contributed by atoms with Gasteiger partial charge in [-0.15, -0.1) is 18.3 Å². The molecule has 0 saturated carbocycles. The van der Waals surface area contributed by atoms with Crippen molar-refractivity contribution in [3.63, 3.8) is 0 Å². The smallest absolute Gasteiger partial charge is 0.0150 e. The number of thioether (sulfide) groups is 2. The summed E-state index contributed by atoms with van der Waals surface area (Å²) < 4.78 is 0. The van der Waals surface area contributed by atoms with Crippen molar-refractivity contribution >= 4 is 42.0 Å². The molecule has 0 aliphatic carbocycles. The molecule has 2 unspecified atom stereocenters. The van der Waals surface area contributed by atoms with E-state index in [1.54, 1.807) is 0 Å². The number of allylic oxidation sites excluding steroid dienone is 6. The number of aryl methyl sites for hydroxylation is 2. The Bertz CT molecular complexity index is 971. The predicted octanol–water partition coefficient (Wildman–Crippen LogP) is 8.97. The molecule has 0 amide bonds. The van der Waals surface area contributed by atoms with Crippen molar-refractivity contribution in [2.75, 3.05) is 30.3 Å². The molecule has 1 aromatic rings. The average molecular weight is 536 g/mol. The van der Waals surface area contributed by atoms with Crippen LogP contribution in [0.15, 0.2) is 71.7 Å². The van der Waals surface area contributed by atoms with Gasteiger partial charge in [0.15, 0.2) is 0 Å². The minimum absolute atomic E-state index is 0.425. The van der Waals surface area contributed by atoms with Gasteiger partial charge in [0.2, 0.25) is 0 Å².